The number of piperidine rings is 1. The molecule has 0 aromatic heterocycles. The zero-order chi connectivity index (χ0) is 33.3. The number of fused-ring (bicyclic) bond motifs is 4. The van der Waals surface area contributed by atoms with Gasteiger partial charge in [0.05, 0.1) is 24.6 Å². The Morgan fingerprint density at radius 1 is 1.04 bits per heavy atom. The minimum absolute atomic E-state index is 0.122. The molecule has 5 aliphatic rings. The number of nitrogens with one attached hydrogen (secondary N) is 4. The summed E-state index contributed by atoms with van der Waals surface area (Å²) in [5, 5.41) is 8.65. The number of carbonyl (C=O) groups excluding carboxylic acids is 4. The summed E-state index contributed by atoms with van der Waals surface area (Å²) in [4.78, 5) is 55.8. The van der Waals surface area contributed by atoms with Crippen molar-refractivity contribution < 1.29 is 37.1 Å². The first-order valence-electron chi connectivity index (χ1n) is 16.9. The first-order chi connectivity index (χ1) is 21.7. The molecular formula is C32H51N5O8S. The Morgan fingerprint density at radius 2 is 1.76 bits per heavy atom. The quantitative estimate of drug-likeness (QED) is 0.309. The fraction of sp³-hybridized carbons (Fsp3) is 0.812. The Labute approximate surface area is 272 Å². The summed E-state index contributed by atoms with van der Waals surface area (Å²) >= 11 is 0. The third kappa shape index (κ3) is 8.04. The van der Waals surface area contributed by atoms with Gasteiger partial charge in [0, 0.05) is 31.0 Å². The lowest BCUT2D eigenvalue weighted by Crippen LogP contribution is -2.60. The third-order valence-electron chi connectivity index (χ3n) is 10.0. The first kappa shape index (κ1) is 34.6. The summed E-state index contributed by atoms with van der Waals surface area (Å²) in [5.41, 5.74) is -2.20. The van der Waals surface area contributed by atoms with Crippen LogP contribution < -0.4 is 20.7 Å². The molecule has 3 aliphatic heterocycles. The zero-order valence-corrected chi connectivity index (χ0v) is 28.2. The monoisotopic (exact) mass is 665 g/mol. The molecule has 13 nitrogen and oxygen atoms in total. The SMILES string of the molecule is C=C[C@H]1C[C@]1(NC(=O)[C@@H]1C[C@@H]2CN1C(=O)[C@H](C(C)(C)C)NC(=O)OCCCCCC1CCCC(CO2)N1)C(=O)NS(=O)(=O)C1CC1. The number of hydrogen-bond donors (Lipinski definition) is 4. The highest BCUT2D eigenvalue weighted by Crippen LogP contribution is 2.45. The maximum atomic E-state index is 14.2. The van der Waals surface area contributed by atoms with Gasteiger partial charge in [-0.3, -0.25) is 19.1 Å². The summed E-state index contributed by atoms with van der Waals surface area (Å²) < 4.78 is 39.1. The molecule has 2 unspecified atom stereocenters. The predicted molar refractivity (Wildman–Crippen MR) is 170 cm³/mol. The van der Waals surface area contributed by atoms with Crippen LogP contribution >= 0.6 is 0 Å². The van der Waals surface area contributed by atoms with E-state index in [2.05, 4.69) is 27.3 Å². The topological polar surface area (TPSA) is 172 Å². The molecule has 0 aromatic carbocycles. The molecule has 4 amide bonds. The molecule has 2 aliphatic carbocycles. The van der Waals surface area contributed by atoms with Crippen LogP contribution in [0, 0.1) is 11.3 Å². The van der Waals surface area contributed by atoms with Gasteiger partial charge in [-0.05, 0) is 50.4 Å². The maximum absolute atomic E-state index is 14.2. The van der Waals surface area contributed by atoms with Gasteiger partial charge in [-0.1, -0.05) is 46.1 Å². The van der Waals surface area contributed by atoms with Gasteiger partial charge in [0.2, 0.25) is 21.8 Å². The van der Waals surface area contributed by atoms with Crippen LogP contribution in [0.15, 0.2) is 12.7 Å². The van der Waals surface area contributed by atoms with Crippen molar-refractivity contribution in [2.24, 2.45) is 11.3 Å². The minimum Gasteiger partial charge on any atom is -0.450 e. The van der Waals surface area contributed by atoms with Crippen molar-refractivity contribution in [1.82, 2.24) is 25.6 Å². The molecule has 5 rings (SSSR count). The second kappa shape index (κ2) is 13.8. The Kier molecular flexibility index (Phi) is 10.4. The number of ether oxygens (including phenoxy) is 2. The molecule has 4 bridgehead atoms. The van der Waals surface area contributed by atoms with Gasteiger partial charge in [0.1, 0.15) is 17.6 Å². The van der Waals surface area contributed by atoms with E-state index in [0.29, 0.717) is 25.5 Å². The number of cyclic esters (lactones) is 1. The van der Waals surface area contributed by atoms with Gasteiger partial charge in [-0.2, -0.15) is 0 Å². The zero-order valence-electron chi connectivity index (χ0n) is 27.3. The van der Waals surface area contributed by atoms with E-state index in [9.17, 15) is 27.6 Å². The largest absolute Gasteiger partial charge is 0.450 e. The second-order valence-corrected chi connectivity index (χ2v) is 16.8. The van der Waals surface area contributed by atoms with Gasteiger partial charge < -0.3 is 30.3 Å². The standard InChI is InChI=1S/C32H51N5O8S/c1-5-20-17-32(20,29(40)36-46(42,43)24-13-14-24)35-27(38)25-16-23-18-37(25)28(39)26(31(2,3)4)34-30(41)44-15-8-6-7-10-21-11-9-12-22(33-21)19-45-23/h5,20-26,33H,1,6-19H2,2-4H3,(H,34,41)(H,35,38)(H,36,40)/t20-,21?,22?,23+,25-,26+,32+/m0/s1. The molecule has 258 valence electrons. The third-order valence-corrected chi connectivity index (χ3v) is 11.8. The molecule has 3 saturated heterocycles. The van der Waals surface area contributed by atoms with Crippen LogP contribution in [0.4, 0.5) is 4.79 Å². The van der Waals surface area contributed by atoms with E-state index in [1.807, 2.05) is 20.8 Å². The number of sulfonamides is 1. The van der Waals surface area contributed by atoms with Crippen LogP contribution in [0.5, 0.6) is 0 Å². The molecule has 4 N–H and O–H groups in total. The van der Waals surface area contributed by atoms with Crippen molar-refractivity contribution in [3.8, 4) is 0 Å². The van der Waals surface area contributed by atoms with Crippen molar-refractivity contribution in [2.45, 2.75) is 132 Å². The minimum atomic E-state index is -3.84. The molecule has 0 spiro atoms. The number of carbonyl (C=O) groups is 4. The fourth-order valence-corrected chi connectivity index (χ4v) is 8.32. The van der Waals surface area contributed by atoms with Crippen LogP contribution in [0.25, 0.3) is 0 Å². The van der Waals surface area contributed by atoms with Crippen LogP contribution in [0.2, 0.25) is 0 Å². The molecular weight excluding hydrogens is 614 g/mol. The van der Waals surface area contributed by atoms with Crippen LogP contribution in [-0.4, -0.2) is 98.0 Å². The van der Waals surface area contributed by atoms with E-state index >= 15 is 0 Å². The van der Waals surface area contributed by atoms with Crippen LogP contribution in [-0.2, 0) is 33.9 Å². The lowest BCUT2D eigenvalue weighted by molar-refractivity contribution is -0.143. The summed E-state index contributed by atoms with van der Waals surface area (Å²) in [6.07, 6.45) is 8.61. The molecule has 2 saturated carbocycles. The van der Waals surface area contributed by atoms with Crippen LogP contribution in [0.3, 0.4) is 0 Å². The first-order valence-corrected chi connectivity index (χ1v) is 18.4. The Morgan fingerprint density at radius 3 is 2.43 bits per heavy atom. The number of hydrogen-bond acceptors (Lipinski definition) is 9. The van der Waals surface area contributed by atoms with Gasteiger partial charge in [-0.25, -0.2) is 13.2 Å². The van der Waals surface area contributed by atoms with Crippen molar-refractivity contribution >= 4 is 33.8 Å². The Bertz CT molecular complexity index is 1300. The lowest BCUT2D eigenvalue weighted by atomic mass is 9.85. The van der Waals surface area contributed by atoms with E-state index in [4.69, 9.17) is 9.47 Å². The highest BCUT2D eigenvalue weighted by Gasteiger charge is 2.62. The summed E-state index contributed by atoms with van der Waals surface area (Å²) in [7, 11) is -3.84. The summed E-state index contributed by atoms with van der Waals surface area (Å²) in [6, 6.07) is -1.46. The van der Waals surface area contributed by atoms with Crippen molar-refractivity contribution in [1.29, 1.82) is 0 Å². The molecule has 7 atom stereocenters. The van der Waals surface area contributed by atoms with Crippen molar-refractivity contribution in [3.63, 3.8) is 0 Å². The van der Waals surface area contributed by atoms with E-state index in [1.54, 1.807) is 0 Å². The van der Waals surface area contributed by atoms with E-state index in [-0.39, 0.29) is 32.0 Å². The number of rotatable bonds is 6. The smallest absolute Gasteiger partial charge is 0.407 e. The van der Waals surface area contributed by atoms with Gasteiger partial charge in [0.15, 0.2) is 0 Å². The number of amides is 4. The normalized spacial score (nSPS) is 34.7. The van der Waals surface area contributed by atoms with Gasteiger partial charge in [0.25, 0.3) is 5.91 Å². The fourth-order valence-electron chi connectivity index (χ4n) is 6.96. The highest BCUT2D eigenvalue weighted by atomic mass is 32.2. The molecule has 14 heteroatoms. The molecule has 5 fully saturated rings. The van der Waals surface area contributed by atoms with Crippen molar-refractivity contribution in [2.75, 3.05) is 19.8 Å². The van der Waals surface area contributed by atoms with Crippen LogP contribution in [0.1, 0.15) is 91.4 Å². The Balaban J connectivity index is 1.37. The van der Waals surface area contributed by atoms with E-state index in [0.717, 1.165) is 44.9 Å². The second-order valence-electron chi connectivity index (χ2n) is 14.8. The van der Waals surface area contributed by atoms with Gasteiger partial charge in [-0.15, -0.1) is 6.58 Å². The molecule has 46 heavy (non-hydrogen) atoms. The average Bonchev–Trinajstić information content (AvgIpc) is 3.92. The van der Waals surface area contributed by atoms with E-state index < -0.39 is 74.1 Å². The maximum Gasteiger partial charge on any atom is 0.407 e. The lowest BCUT2D eigenvalue weighted by Gasteiger charge is -2.35. The summed E-state index contributed by atoms with van der Waals surface area (Å²) in [5.74, 6) is -2.30. The molecule has 3 heterocycles. The number of alkyl carbamates (subject to hydrolysis) is 1. The van der Waals surface area contributed by atoms with E-state index in [1.165, 1.54) is 11.0 Å². The molecule has 0 radical (unpaired) electrons. The average molecular weight is 666 g/mol. The highest BCUT2D eigenvalue weighted by molar-refractivity contribution is 7.91. The number of nitrogens with zero attached hydrogens (tertiary/aromatic N) is 1. The molecule has 0 aromatic rings. The summed E-state index contributed by atoms with van der Waals surface area (Å²) in [6.45, 7) is 10.0. The van der Waals surface area contributed by atoms with Gasteiger partial charge >= 0.3 is 6.09 Å². The Hall–Kier alpha value is -2.71. The predicted octanol–water partition coefficient (Wildman–Crippen LogP) is 1.87. The van der Waals surface area contributed by atoms with Crippen molar-refractivity contribution in [3.05, 3.63) is 12.7 Å².